The van der Waals surface area contributed by atoms with Crippen LogP contribution in [0.1, 0.15) is 45.4 Å². The Hall–Kier alpha value is -1.32. The Balaban J connectivity index is 2.09. The lowest BCUT2D eigenvalue weighted by molar-refractivity contribution is 0.554. The van der Waals surface area contributed by atoms with Crippen molar-refractivity contribution in [1.82, 2.24) is 9.97 Å². The van der Waals surface area contributed by atoms with Crippen LogP contribution in [0.3, 0.4) is 0 Å². The van der Waals surface area contributed by atoms with Crippen molar-refractivity contribution in [2.45, 2.75) is 52.0 Å². The second kappa shape index (κ2) is 5.34. The summed E-state index contributed by atoms with van der Waals surface area (Å²) in [6.07, 6.45) is 5.78. The molecular weight excluding hydrogens is 212 g/mol. The van der Waals surface area contributed by atoms with Crippen LogP contribution < -0.4 is 11.1 Å². The second-order valence-corrected chi connectivity index (χ2v) is 5.00. The molecule has 1 aromatic rings. The molecule has 3 N–H and O–H groups in total. The first kappa shape index (κ1) is 12.1. The minimum atomic E-state index is 0.541. The molecule has 1 aliphatic rings. The summed E-state index contributed by atoms with van der Waals surface area (Å²) in [5.74, 6) is 3.03. The molecule has 4 heteroatoms. The predicted octanol–water partition coefficient (Wildman–Crippen LogP) is 2.61. The highest BCUT2D eigenvalue weighted by Gasteiger charge is 2.23. The molecule has 0 amide bonds. The highest BCUT2D eigenvalue weighted by atomic mass is 15.1. The third-order valence-electron chi connectivity index (χ3n) is 3.46. The SMILES string of the molecule is CCCc1nc(N)cc(NC2CCCC2C)n1. The summed E-state index contributed by atoms with van der Waals surface area (Å²) in [6, 6.07) is 2.38. The number of aryl methyl sites for hydroxylation is 1. The van der Waals surface area contributed by atoms with E-state index in [0.717, 1.165) is 30.4 Å². The second-order valence-electron chi connectivity index (χ2n) is 5.00. The molecule has 2 atom stereocenters. The van der Waals surface area contributed by atoms with Crippen LogP contribution in [0.5, 0.6) is 0 Å². The first-order valence-electron chi connectivity index (χ1n) is 6.59. The lowest BCUT2D eigenvalue weighted by atomic mass is 10.1. The zero-order chi connectivity index (χ0) is 12.3. The fourth-order valence-electron chi connectivity index (χ4n) is 2.48. The summed E-state index contributed by atoms with van der Waals surface area (Å²) in [6.45, 7) is 4.42. The van der Waals surface area contributed by atoms with Gasteiger partial charge < -0.3 is 11.1 Å². The van der Waals surface area contributed by atoms with E-state index in [4.69, 9.17) is 5.73 Å². The van der Waals surface area contributed by atoms with Crippen LogP contribution in [0.2, 0.25) is 0 Å². The van der Waals surface area contributed by atoms with E-state index in [1.54, 1.807) is 0 Å². The van der Waals surface area contributed by atoms with Crippen molar-refractivity contribution in [2.75, 3.05) is 11.1 Å². The largest absolute Gasteiger partial charge is 0.384 e. The molecular formula is C13H22N4. The first-order valence-corrected chi connectivity index (χ1v) is 6.59. The van der Waals surface area contributed by atoms with Crippen molar-refractivity contribution in [1.29, 1.82) is 0 Å². The van der Waals surface area contributed by atoms with Crippen LogP contribution >= 0.6 is 0 Å². The van der Waals surface area contributed by atoms with Crippen LogP contribution in [0.15, 0.2) is 6.07 Å². The monoisotopic (exact) mass is 234 g/mol. The van der Waals surface area contributed by atoms with E-state index in [0.29, 0.717) is 11.9 Å². The number of nitrogens with zero attached hydrogens (tertiary/aromatic N) is 2. The molecule has 4 nitrogen and oxygen atoms in total. The molecule has 1 saturated carbocycles. The molecule has 2 unspecified atom stereocenters. The molecule has 1 fully saturated rings. The van der Waals surface area contributed by atoms with Gasteiger partial charge >= 0.3 is 0 Å². The number of hydrogen-bond donors (Lipinski definition) is 2. The molecule has 2 rings (SSSR count). The highest BCUT2D eigenvalue weighted by Crippen LogP contribution is 2.27. The van der Waals surface area contributed by atoms with Crippen molar-refractivity contribution in [3.63, 3.8) is 0 Å². The van der Waals surface area contributed by atoms with Crippen molar-refractivity contribution < 1.29 is 0 Å². The molecule has 0 aliphatic heterocycles. The quantitative estimate of drug-likeness (QED) is 0.840. The van der Waals surface area contributed by atoms with E-state index >= 15 is 0 Å². The van der Waals surface area contributed by atoms with Crippen molar-refractivity contribution >= 4 is 11.6 Å². The summed E-state index contributed by atoms with van der Waals surface area (Å²) in [5, 5.41) is 3.50. The summed E-state index contributed by atoms with van der Waals surface area (Å²) in [4.78, 5) is 8.76. The number of nitrogens with one attached hydrogen (secondary N) is 1. The van der Waals surface area contributed by atoms with Gasteiger partial charge in [0.2, 0.25) is 0 Å². The van der Waals surface area contributed by atoms with Gasteiger partial charge in [0.05, 0.1) is 0 Å². The van der Waals surface area contributed by atoms with Crippen LogP contribution in [0, 0.1) is 5.92 Å². The summed E-state index contributed by atoms with van der Waals surface area (Å²) < 4.78 is 0. The first-order chi connectivity index (χ1) is 8.19. The highest BCUT2D eigenvalue weighted by molar-refractivity contribution is 5.45. The predicted molar refractivity (Wildman–Crippen MR) is 70.9 cm³/mol. The maximum absolute atomic E-state index is 5.81. The Kier molecular flexibility index (Phi) is 3.82. The average molecular weight is 234 g/mol. The van der Waals surface area contributed by atoms with Gasteiger partial charge in [-0.25, -0.2) is 9.97 Å². The van der Waals surface area contributed by atoms with Gasteiger partial charge in [-0.15, -0.1) is 0 Å². The lowest BCUT2D eigenvalue weighted by Gasteiger charge is -2.18. The molecule has 94 valence electrons. The van der Waals surface area contributed by atoms with Crippen molar-refractivity contribution in [3.05, 3.63) is 11.9 Å². The Morgan fingerprint density at radius 3 is 2.88 bits per heavy atom. The van der Waals surface area contributed by atoms with E-state index in [1.807, 2.05) is 6.07 Å². The van der Waals surface area contributed by atoms with Gasteiger partial charge in [0, 0.05) is 18.5 Å². The van der Waals surface area contributed by atoms with Crippen molar-refractivity contribution in [2.24, 2.45) is 5.92 Å². The number of nitrogens with two attached hydrogens (primary N) is 1. The maximum Gasteiger partial charge on any atom is 0.133 e. The van der Waals surface area contributed by atoms with Gasteiger partial charge in [0.15, 0.2) is 0 Å². The average Bonchev–Trinajstić information content (AvgIpc) is 2.64. The minimum absolute atomic E-state index is 0.541. The Labute approximate surface area is 103 Å². The number of rotatable bonds is 4. The zero-order valence-electron chi connectivity index (χ0n) is 10.7. The van der Waals surface area contributed by atoms with Gasteiger partial charge in [-0.05, 0) is 25.2 Å². The summed E-state index contributed by atoms with van der Waals surface area (Å²) in [5.41, 5.74) is 5.81. The van der Waals surface area contributed by atoms with Crippen LogP contribution in [0.4, 0.5) is 11.6 Å². The van der Waals surface area contributed by atoms with E-state index in [-0.39, 0.29) is 0 Å². The molecule has 1 aromatic heterocycles. The standard InChI is InChI=1S/C13H22N4/c1-3-5-12-16-11(14)8-13(17-12)15-10-7-4-6-9(10)2/h8-10H,3-7H2,1-2H3,(H3,14,15,16,17). The fraction of sp³-hybridized carbons (Fsp3) is 0.692. The number of nitrogen functional groups attached to an aromatic ring is 1. The maximum atomic E-state index is 5.81. The molecule has 0 bridgehead atoms. The fourth-order valence-corrected chi connectivity index (χ4v) is 2.48. The number of anilines is 2. The summed E-state index contributed by atoms with van der Waals surface area (Å²) in [7, 11) is 0. The Bertz CT molecular complexity index is 378. The molecule has 1 heterocycles. The molecule has 1 aliphatic carbocycles. The van der Waals surface area contributed by atoms with Gasteiger partial charge in [-0.1, -0.05) is 20.3 Å². The lowest BCUT2D eigenvalue weighted by Crippen LogP contribution is -2.23. The Morgan fingerprint density at radius 1 is 1.41 bits per heavy atom. The van der Waals surface area contributed by atoms with Gasteiger partial charge in [0.1, 0.15) is 17.5 Å². The van der Waals surface area contributed by atoms with E-state index < -0.39 is 0 Å². The van der Waals surface area contributed by atoms with Gasteiger partial charge in [-0.2, -0.15) is 0 Å². The van der Waals surface area contributed by atoms with Crippen LogP contribution in [-0.2, 0) is 6.42 Å². The molecule has 0 aromatic carbocycles. The Morgan fingerprint density at radius 2 is 2.24 bits per heavy atom. The smallest absolute Gasteiger partial charge is 0.133 e. The molecule has 0 radical (unpaired) electrons. The van der Waals surface area contributed by atoms with E-state index in [9.17, 15) is 0 Å². The van der Waals surface area contributed by atoms with Crippen LogP contribution in [0.25, 0.3) is 0 Å². The zero-order valence-corrected chi connectivity index (χ0v) is 10.7. The van der Waals surface area contributed by atoms with Crippen LogP contribution in [-0.4, -0.2) is 16.0 Å². The van der Waals surface area contributed by atoms with Gasteiger partial charge in [0.25, 0.3) is 0 Å². The third-order valence-corrected chi connectivity index (χ3v) is 3.46. The van der Waals surface area contributed by atoms with E-state index in [1.165, 1.54) is 19.3 Å². The molecule has 0 saturated heterocycles. The number of aromatic nitrogens is 2. The number of hydrogen-bond acceptors (Lipinski definition) is 4. The third kappa shape index (κ3) is 3.08. The van der Waals surface area contributed by atoms with E-state index in [2.05, 4.69) is 29.1 Å². The topological polar surface area (TPSA) is 63.8 Å². The summed E-state index contributed by atoms with van der Waals surface area (Å²) >= 11 is 0. The molecule has 0 spiro atoms. The molecule has 17 heavy (non-hydrogen) atoms. The van der Waals surface area contributed by atoms with Crippen molar-refractivity contribution in [3.8, 4) is 0 Å². The minimum Gasteiger partial charge on any atom is -0.384 e. The normalized spacial score (nSPS) is 23.9. The van der Waals surface area contributed by atoms with Gasteiger partial charge in [-0.3, -0.25) is 0 Å².